The predicted molar refractivity (Wildman–Crippen MR) is 87.3 cm³/mol. The second-order valence-corrected chi connectivity index (χ2v) is 5.13. The van der Waals surface area contributed by atoms with Crippen LogP contribution in [0.2, 0.25) is 5.02 Å². The van der Waals surface area contributed by atoms with Crippen molar-refractivity contribution in [1.29, 1.82) is 0 Å². The van der Waals surface area contributed by atoms with Crippen LogP contribution in [0.15, 0.2) is 54.6 Å². The Morgan fingerprint density at radius 2 is 1.59 bits per heavy atom. The Morgan fingerprint density at radius 1 is 0.955 bits per heavy atom. The maximum absolute atomic E-state index is 11.8. The van der Waals surface area contributed by atoms with Gasteiger partial charge in [-0.3, -0.25) is 20.4 Å². The molecule has 0 aliphatic carbocycles. The molecule has 0 atom stereocenters. The lowest BCUT2D eigenvalue weighted by molar-refractivity contribution is -0.117. The summed E-state index contributed by atoms with van der Waals surface area (Å²) in [4.78, 5) is 23.4. The molecule has 0 saturated carbocycles. The summed E-state index contributed by atoms with van der Waals surface area (Å²) in [6, 6.07) is 14.1. The van der Waals surface area contributed by atoms with Gasteiger partial charge in [-0.15, -0.1) is 0 Å². The van der Waals surface area contributed by atoms with E-state index < -0.39 is 5.91 Å². The molecule has 2 amide bonds. The zero-order valence-electron chi connectivity index (χ0n) is 12.0. The molecule has 4 nitrogen and oxygen atoms in total. The van der Waals surface area contributed by atoms with Gasteiger partial charge in [0.1, 0.15) is 0 Å². The first kappa shape index (κ1) is 15.8. The number of rotatable bonds is 3. The Bertz CT molecular complexity index is 692. The van der Waals surface area contributed by atoms with Gasteiger partial charge in [-0.2, -0.15) is 0 Å². The maximum Gasteiger partial charge on any atom is 0.269 e. The lowest BCUT2D eigenvalue weighted by Crippen LogP contribution is -2.40. The Morgan fingerprint density at radius 3 is 2.23 bits per heavy atom. The molecule has 2 N–H and O–H groups in total. The molecule has 0 saturated heterocycles. The van der Waals surface area contributed by atoms with Crippen LogP contribution in [-0.2, 0) is 4.79 Å². The number of hydrazine groups is 1. The van der Waals surface area contributed by atoms with Gasteiger partial charge in [-0.25, -0.2) is 0 Å². The second-order valence-electron chi connectivity index (χ2n) is 4.69. The maximum atomic E-state index is 11.8. The summed E-state index contributed by atoms with van der Waals surface area (Å²) in [5, 5.41) is 0.631. The van der Waals surface area contributed by atoms with Crippen molar-refractivity contribution < 1.29 is 9.59 Å². The Labute approximate surface area is 133 Å². The van der Waals surface area contributed by atoms with Crippen LogP contribution in [0.5, 0.6) is 0 Å². The van der Waals surface area contributed by atoms with Gasteiger partial charge in [0.15, 0.2) is 0 Å². The van der Waals surface area contributed by atoms with Crippen LogP contribution in [0.4, 0.5) is 0 Å². The van der Waals surface area contributed by atoms with Crippen molar-refractivity contribution >= 4 is 29.5 Å². The molecule has 2 aromatic rings. The standard InChI is InChI=1S/C17H15ClN2O2/c1-12-2-7-14(8-3-12)17(22)20-19-16(21)11-6-13-4-9-15(18)10-5-13/h2-11H,1H3,(H,19,21)(H,20,22)/b11-6+. The highest BCUT2D eigenvalue weighted by Gasteiger charge is 2.05. The van der Waals surface area contributed by atoms with Gasteiger partial charge in [0, 0.05) is 16.7 Å². The van der Waals surface area contributed by atoms with Crippen LogP contribution in [0, 0.1) is 6.92 Å². The number of hydrogen-bond donors (Lipinski definition) is 2. The van der Waals surface area contributed by atoms with E-state index in [1.165, 1.54) is 6.08 Å². The third kappa shape index (κ3) is 4.75. The van der Waals surface area contributed by atoms with E-state index in [0.717, 1.165) is 11.1 Å². The number of nitrogens with one attached hydrogen (secondary N) is 2. The molecule has 2 aromatic carbocycles. The number of carbonyl (C=O) groups is 2. The van der Waals surface area contributed by atoms with Crippen molar-refractivity contribution in [3.63, 3.8) is 0 Å². The molecule has 0 unspecified atom stereocenters. The van der Waals surface area contributed by atoms with Crippen LogP contribution in [-0.4, -0.2) is 11.8 Å². The molecular formula is C17H15ClN2O2. The van der Waals surface area contributed by atoms with Crippen LogP contribution in [0.1, 0.15) is 21.5 Å². The lowest BCUT2D eigenvalue weighted by Gasteiger charge is -2.05. The van der Waals surface area contributed by atoms with Gasteiger partial charge in [0.2, 0.25) is 0 Å². The summed E-state index contributed by atoms with van der Waals surface area (Å²) in [6.07, 6.45) is 2.96. The SMILES string of the molecule is Cc1ccc(C(=O)NNC(=O)/C=C/c2ccc(Cl)cc2)cc1. The average Bonchev–Trinajstić information content (AvgIpc) is 2.52. The molecule has 0 aromatic heterocycles. The van der Waals surface area contributed by atoms with Crippen molar-refractivity contribution in [2.45, 2.75) is 6.92 Å². The summed E-state index contributed by atoms with van der Waals surface area (Å²) < 4.78 is 0. The van der Waals surface area contributed by atoms with E-state index in [-0.39, 0.29) is 5.91 Å². The normalized spacial score (nSPS) is 10.5. The fourth-order valence-electron chi connectivity index (χ4n) is 1.68. The van der Waals surface area contributed by atoms with Gasteiger partial charge in [0.25, 0.3) is 11.8 Å². The van der Waals surface area contributed by atoms with Gasteiger partial charge in [-0.1, -0.05) is 41.4 Å². The Hall–Kier alpha value is -2.59. The zero-order valence-corrected chi connectivity index (χ0v) is 12.7. The van der Waals surface area contributed by atoms with Crippen molar-refractivity contribution in [2.24, 2.45) is 0 Å². The van der Waals surface area contributed by atoms with Crippen molar-refractivity contribution in [3.8, 4) is 0 Å². The molecule has 0 bridgehead atoms. The number of halogens is 1. The van der Waals surface area contributed by atoms with E-state index in [9.17, 15) is 9.59 Å². The molecule has 2 rings (SSSR count). The molecule has 0 aliphatic heterocycles. The largest absolute Gasteiger partial charge is 0.269 e. The van der Waals surface area contributed by atoms with Crippen molar-refractivity contribution in [2.75, 3.05) is 0 Å². The van der Waals surface area contributed by atoms with E-state index in [0.29, 0.717) is 10.6 Å². The lowest BCUT2D eigenvalue weighted by atomic mass is 10.1. The predicted octanol–water partition coefficient (Wildman–Crippen LogP) is 3.12. The van der Waals surface area contributed by atoms with Crippen molar-refractivity contribution in [1.82, 2.24) is 10.9 Å². The molecule has 0 aliphatic rings. The minimum absolute atomic E-state index is 0.367. The van der Waals surface area contributed by atoms with E-state index in [2.05, 4.69) is 10.9 Å². The molecule has 22 heavy (non-hydrogen) atoms. The molecule has 0 fully saturated rings. The fraction of sp³-hybridized carbons (Fsp3) is 0.0588. The van der Waals surface area contributed by atoms with Gasteiger partial charge < -0.3 is 0 Å². The highest BCUT2D eigenvalue weighted by Crippen LogP contribution is 2.10. The van der Waals surface area contributed by atoms with Gasteiger partial charge in [-0.05, 0) is 42.8 Å². The average molecular weight is 315 g/mol. The number of benzene rings is 2. The second kappa shape index (κ2) is 7.43. The zero-order chi connectivity index (χ0) is 15.9. The molecule has 0 radical (unpaired) electrons. The summed E-state index contributed by atoms with van der Waals surface area (Å²) in [5.74, 6) is -0.788. The summed E-state index contributed by atoms with van der Waals surface area (Å²) in [6.45, 7) is 1.94. The van der Waals surface area contributed by atoms with E-state index in [4.69, 9.17) is 11.6 Å². The first-order valence-electron chi connectivity index (χ1n) is 6.65. The topological polar surface area (TPSA) is 58.2 Å². The Balaban J connectivity index is 1.86. The summed E-state index contributed by atoms with van der Waals surface area (Å²) >= 11 is 5.78. The Kier molecular flexibility index (Phi) is 5.33. The van der Waals surface area contributed by atoms with E-state index in [1.807, 2.05) is 19.1 Å². The molecular weight excluding hydrogens is 300 g/mol. The third-order valence-electron chi connectivity index (χ3n) is 2.91. The fourth-order valence-corrected chi connectivity index (χ4v) is 1.81. The van der Waals surface area contributed by atoms with Crippen LogP contribution < -0.4 is 10.9 Å². The molecule has 112 valence electrons. The first-order valence-corrected chi connectivity index (χ1v) is 7.03. The molecule has 5 heteroatoms. The van der Waals surface area contributed by atoms with Gasteiger partial charge in [0.05, 0.1) is 0 Å². The van der Waals surface area contributed by atoms with Crippen molar-refractivity contribution in [3.05, 3.63) is 76.3 Å². The van der Waals surface area contributed by atoms with Crippen LogP contribution in [0.3, 0.4) is 0 Å². The summed E-state index contributed by atoms with van der Waals surface area (Å²) in [5.41, 5.74) is 7.06. The van der Waals surface area contributed by atoms with Crippen LogP contribution in [0.25, 0.3) is 6.08 Å². The van der Waals surface area contributed by atoms with E-state index >= 15 is 0 Å². The summed E-state index contributed by atoms with van der Waals surface area (Å²) in [7, 11) is 0. The minimum Gasteiger partial charge on any atom is -0.268 e. The number of hydrogen-bond acceptors (Lipinski definition) is 2. The number of carbonyl (C=O) groups excluding carboxylic acids is 2. The van der Waals surface area contributed by atoms with Gasteiger partial charge >= 0.3 is 0 Å². The van der Waals surface area contributed by atoms with Crippen LogP contribution >= 0.6 is 11.6 Å². The minimum atomic E-state index is -0.421. The quantitative estimate of drug-likeness (QED) is 0.675. The molecule has 0 heterocycles. The number of amides is 2. The number of aryl methyl sites for hydroxylation is 1. The smallest absolute Gasteiger partial charge is 0.268 e. The third-order valence-corrected chi connectivity index (χ3v) is 3.16. The highest BCUT2D eigenvalue weighted by atomic mass is 35.5. The highest BCUT2D eigenvalue weighted by molar-refractivity contribution is 6.30. The monoisotopic (exact) mass is 314 g/mol. The molecule has 0 spiro atoms. The first-order chi connectivity index (χ1) is 10.5. The van der Waals surface area contributed by atoms with E-state index in [1.54, 1.807) is 42.5 Å².